The van der Waals surface area contributed by atoms with Gasteiger partial charge in [-0.15, -0.1) is 0 Å². The molecule has 2 aromatic carbocycles. The Morgan fingerprint density at radius 2 is 1.97 bits per heavy atom. The average Bonchev–Trinajstić information content (AvgIpc) is 3.27. The summed E-state index contributed by atoms with van der Waals surface area (Å²) < 4.78 is 11.3. The Labute approximate surface area is 187 Å². The molecule has 7 nitrogen and oxygen atoms in total. The standard InChI is InChI=1S/C23H20BrN3O4/c1-16-4-7-19(8-5-16)25-15-22(28)27-26-14-17-13-18(24)6-10-21(17)31-23(29)11-9-20-3-2-12-30-20/h2-14,25H,15H2,1H3,(H,27,28). The Morgan fingerprint density at radius 3 is 2.71 bits per heavy atom. The van der Waals surface area contributed by atoms with Gasteiger partial charge in [-0.3, -0.25) is 4.79 Å². The number of nitrogens with zero attached hydrogens (tertiary/aromatic N) is 1. The molecule has 2 N–H and O–H groups in total. The summed E-state index contributed by atoms with van der Waals surface area (Å²) in [6.07, 6.45) is 5.70. The maximum atomic E-state index is 12.1. The Bertz CT molecular complexity index is 1090. The predicted molar refractivity (Wildman–Crippen MR) is 123 cm³/mol. The van der Waals surface area contributed by atoms with Crippen LogP contribution in [0.5, 0.6) is 5.75 Å². The summed E-state index contributed by atoms with van der Waals surface area (Å²) >= 11 is 3.37. The molecule has 1 aromatic heterocycles. The molecule has 3 aromatic rings. The number of hydrazone groups is 1. The number of benzene rings is 2. The minimum absolute atomic E-state index is 0.0678. The molecule has 0 fully saturated rings. The number of aryl methyl sites for hydroxylation is 1. The van der Waals surface area contributed by atoms with Crippen molar-refractivity contribution in [1.29, 1.82) is 0 Å². The molecule has 0 unspecified atom stereocenters. The normalized spacial score (nSPS) is 11.0. The van der Waals surface area contributed by atoms with E-state index in [0.29, 0.717) is 17.1 Å². The van der Waals surface area contributed by atoms with E-state index in [0.717, 1.165) is 15.7 Å². The minimum Gasteiger partial charge on any atom is -0.465 e. The fourth-order valence-corrected chi connectivity index (χ4v) is 2.84. The summed E-state index contributed by atoms with van der Waals surface area (Å²) in [6, 6.07) is 16.2. The summed E-state index contributed by atoms with van der Waals surface area (Å²) in [7, 11) is 0. The van der Waals surface area contributed by atoms with E-state index < -0.39 is 5.97 Å². The first-order chi connectivity index (χ1) is 15.0. The van der Waals surface area contributed by atoms with E-state index in [4.69, 9.17) is 9.15 Å². The van der Waals surface area contributed by atoms with Crippen LogP contribution in [0.2, 0.25) is 0 Å². The van der Waals surface area contributed by atoms with E-state index in [2.05, 4.69) is 31.8 Å². The molecule has 0 atom stereocenters. The number of ether oxygens (including phenoxy) is 1. The van der Waals surface area contributed by atoms with Crippen LogP contribution in [0.15, 0.2) is 80.9 Å². The zero-order valence-corrected chi connectivity index (χ0v) is 18.3. The van der Waals surface area contributed by atoms with Crippen LogP contribution in [0.4, 0.5) is 5.69 Å². The number of halogens is 1. The van der Waals surface area contributed by atoms with Gasteiger partial charge in [-0.1, -0.05) is 33.6 Å². The maximum Gasteiger partial charge on any atom is 0.336 e. The molecular formula is C23H20BrN3O4. The Kier molecular flexibility index (Phi) is 7.78. The van der Waals surface area contributed by atoms with Gasteiger partial charge in [0.15, 0.2) is 0 Å². The van der Waals surface area contributed by atoms with E-state index in [1.54, 1.807) is 30.3 Å². The quantitative estimate of drug-likeness (QED) is 0.162. The van der Waals surface area contributed by atoms with Gasteiger partial charge in [-0.05, 0) is 55.5 Å². The highest BCUT2D eigenvalue weighted by Gasteiger charge is 2.07. The van der Waals surface area contributed by atoms with Crippen LogP contribution >= 0.6 is 15.9 Å². The molecule has 0 bridgehead atoms. The molecule has 0 saturated carbocycles. The number of carbonyl (C=O) groups excluding carboxylic acids is 2. The molecule has 1 amide bonds. The van der Waals surface area contributed by atoms with E-state index in [1.807, 2.05) is 31.2 Å². The van der Waals surface area contributed by atoms with Crippen molar-refractivity contribution < 1.29 is 18.7 Å². The fraction of sp³-hybridized carbons (Fsp3) is 0.0870. The molecule has 0 radical (unpaired) electrons. The molecule has 0 aliphatic carbocycles. The number of hydrogen-bond donors (Lipinski definition) is 2. The largest absolute Gasteiger partial charge is 0.465 e. The molecule has 31 heavy (non-hydrogen) atoms. The summed E-state index contributed by atoms with van der Waals surface area (Å²) in [5.41, 5.74) is 4.94. The second-order valence-corrected chi connectivity index (χ2v) is 7.38. The van der Waals surface area contributed by atoms with Gasteiger partial charge in [-0.2, -0.15) is 5.10 Å². The first-order valence-electron chi connectivity index (χ1n) is 9.35. The van der Waals surface area contributed by atoms with Gasteiger partial charge in [0.2, 0.25) is 0 Å². The summed E-state index contributed by atoms with van der Waals surface area (Å²) in [4.78, 5) is 24.1. The van der Waals surface area contributed by atoms with Crippen LogP contribution in [-0.4, -0.2) is 24.6 Å². The molecule has 0 saturated heterocycles. The van der Waals surface area contributed by atoms with E-state index in [9.17, 15) is 9.59 Å². The lowest BCUT2D eigenvalue weighted by atomic mass is 10.2. The Balaban J connectivity index is 1.56. The zero-order valence-electron chi connectivity index (χ0n) is 16.7. The van der Waals surface area contributed by atoms with Crippen LogP contribution < -0.4 is 15.5 Å². The van der Waals surface area contributed by atoms with Crippen molar-refractivity contribution in [2.75, 3.05) is 11.9 Å². The van der Waals surface area contributed by atoms with Crippen LogP contribution in [0.25, 0.3) is 6.08 Å². The molecule has 3 rings (SSSR count). The number of amides is 1. The number of furan rings is 1. The lowest BCUT2D eigenvalue weighted by Gasteiger charge is -2.07. The zero-order chi connectivity index (χ0) is 22.1. The molecule has 8 heteroatoms. The number of hydrogen-bond acceptors (Lipinski definition) is 6. The van der Waals surface area contributed by atoms with E-state index in [1.165, 1.54) is 24.6 Å². The molecule has 1 heterocycles. The van der Waals surface area contributed by atoms with Gasteiger partial charge in [0, 0.05) is 21.8 Å². The predicted octanol–water partition coefficient (Wildman–Crippen LogP) is 4.53. The fourth-order valence-electron chi connectivity index (χ4n) is 2.46. The molecule has 0 spiro atoms. The van der Waals surface area contributed by atoms with Gasteiger partial charge >= 0.3 is 5.97 Å². The highest BCUT2D eigenvalue weighted by molar-refractivity contribution is 9.10. The smallest absolute Gasteiger partial charge is 0.336 e. The van der Waals surface area contributed by atoms with Crippen molar-refractivity contribution in [2.45, 2.75) is 6.92 Å². The monoisotopic (exact) mass is 481 g/mol. The van der Waals surface area contributed by atoms with Crippen LogP contribution in [-0.2, 0) is 9.59 Å². The molecule has 158 valence electrons. The van der Waals surface area contributed by atoms with Gasteiger partial charge in [0.05, 0.1) is 19.0 Å². The number of rotatable bonds is 8. The molecular weight excluding hydrogens is 462 g/mol. The van der Waals surface area contributed by atoms with Crippen LogP contribution in [0, 0.1) is 6.92 Å². The minimum atomic E-state index is -0.570. The first kappa shape index (κ1) is 22.0. The highest BCUT2D eigenvalue weighted by atomic mass is 79.9. The van der Waals surface area contributed by atoms with Crippen molar-refractivity contribution in [1.82, 2.24) is 5.43 Å². The van der Waals surface area contributed by atoms with Crippen LogP contribution in [0.3, 0.4) is 0 Å². The third kappa shape index (κ3) is 7.27. The number of esters is 1. The van der Waals surface area contributed by atoms with Gasteiger partial charge in [0.1, 0.15) is 11.5 Å². The first-order valence-corrected chi connectivity index (χ1v) is 10.1. The summed E-state index contributed by atoms with van der Waals surface area (Å²) in [5.74, 6) is -0.0453. The lowest BCUT2D eigenvalue weighted by Crippen LogP contribution is -2.25. The SMILES string of the molecule is Cc1ccc(NCC(=O)NN=Cc2cc(Br)ccc2OC(=O)C=Cc2ccco2)cc1. The average molecular weight is 482 g/mol. The number of nitrogens with one attached hydrogen (secondary N) is 2. The molecule has 0 aliphatic heterocycles. The van der Waals surface area contributed by atoms with Crippen molar-refractivity contribution in [3.05, 3.63) is 88.3 Å². The van der Waals surface area contributed by atoms with Crippen molar-refractivity contribution in [2.24, 2.45) is 5.10 Å². The second-order valence-electron chi connectivity index (χ2n) is 6.46. The van der Waals surface area contributed by atoms with Crippen molar-refractivity contribution in [3.63, 3.8) is 0 Å². The van der Waals surface area contributed by atoms with Crippen molar-refractivity contribution in [3.8, 4) is 5.75 Å². The Morgan fingerprint density at radius 1 is 1.16 bits per heavy atom. The van der Waals surface area contributed by atoms with Crippen molar-refractivity contribution >= 4 is 45.8 Å². The maximum absolute atomic E-state index is 12.1. The topological polar surface area (TPSA) is 92.9 Å². The van der Waals surface area contributed by atoms with E-state index >= 15 is 0 Å². The summed E-state index contributed by atoms with van der Waals surface area (Å²) in [6.45, 7) is 2.06. The summed E-state index contributed by atoms with van der Waals surface area (Å²) in [5, 5.41) is 6.97. The lowest BCUT2D eigenvalue weighted by molar-refractivity contribution is -0.129. The van der Waals surface area contributed by atoms with Gasteiger partial charge < -0.3 is 14.5 Å². The van der Waals surface area contributed by atoms with Gasteiger partial charge in [-0.25, -0.2) is 10.2 Å². The molecule has 0 aliphatic rings. The van der Waals surface area contributed by atoms with Gasteiger partial charge in [0.25, 0.3) is 5.91 Å². The Hall–Kier alpha value is -3.65. The van der Waals surface area contributed by atoms with E-state index in [-0.39, 0.29) is 12.5 Å². The third-order valence-corrected chi connectivity index (χ3v) is 4.50. The third-order valence-electron chi connectivity index (χ3n) is 4.01. The highest BCUT2D eigenvalue weighted by Crippen LogP contribution is 2.22. The second kappa shape index (κ2) is 10.9. The number of anilines is 1. The van der Waals surface area contributed by atoms with Crippen LogP contribution in [0.1, 0.15) is 16.9 Å². The number of carbonyl (C=O) groups is 2.